The van der Waals surface area contributed by atoms with E-state index in [1.54, 1.807) is 0 Å². The summed E-state index contributed by atoms with van der Waals surface area (Å²) in [4.78, 5) is 22.9. The van der Waals surface area contributed by atoms with Crippen LogP contribution in [0.1, 0.15) is 32.6 Å². The molecule has 92 valence electrons. The minimum Gasteiger partial charge on any atom is -0.479 e. The number of carbonyl (C=O) groups is 2. The van der Waals surface area contributed by atoms with Gasteiger partial charge in [0.05, 0.1) is 6.61 Å². The van der Waals surface area contributed by atoms with Crippen LogP contribution in [-0.2, 0) is 14.3 Å². The van der Waals surface area contributed by atoms with Crippen LogP contribution in [0.5, 0.6) is 0 Å². The molecule has 0 bridgehead atoms. The van der Waals surface area contributed by atoms with Gasteiger partial charge in [0.1, 0.15) is 0 Å². The molecule has 0 amide bonds. The molecule has 3 N–H and O–H groups in total. The number of unbranched alkanes of at least 4 members (excludes halogenated alkanes) is 1. The molecule has 1 atom stereocenters. The maximum Gasteiger partial charge on any atom is 0.339 e. The van der Waals surface area contributed by atoms with Crippen LogP contribution in [0.4, 0.5) is 0 Å². The normalized spacial score (nSPS) is 25.1. The number of carbonyl (C=O) groups excluding carboxylic acids is 1. The van der Waals surface area contributed by atoms with Gasteiger partial charge in [-0.1, -0.05) is 13.3 Å². The predicted octanol–water partition coefficient (Wildman–Crippen LogP) is 0.0411. The van der Waals surface area contributed by atoms with Crippen molar-refractivity contribution in [3.63, 3.8) is 0 Å². The first-order chi connectivity index (χ1) is 7.63. The Bertz CT molecular complexity index is 262. The van der Waals surface area contributed by atoms with Gasteiger partial charge in [0.2, 0.25) is 5.54 Å². The maximum absolute atomic E-state index is 11.7. The van der Waals surface area contributed by atoms with E-state index in [4.69, 9.17) is 9.84 Å². The number of carboxylic acids is 1. The minimum absolute atomic E-state index is 0.250. The summed E-state index contributed by atoms with van der Waals surface area (Å²) in [5.74, 6) is -1.90. The van der Waals surface area contributed by atoms with Crippen LogP contribution < -0.4 is 10.9 Å². The molecule has 0 spiro atoms. The highest BCUT2D eigenvalue weighted by Crippen LogP contribution is 2.18. The zero-order valence-corrected chi connectivity index (χ0v) is 9.41. The molecule has 0 saturated carbocycles. The molecular formula is C10H18N2O4. The van der Waals surface area contributed by atoms with Gasteiger partial charge in [-0.05, 0) is 19.3 Å². The van der Waals surface area contributed by atoms with Gasteiger partial charge in [-0.2, -0.15) is 0 Å². The number of esters is 1. The molecule has 16 heavy (non-hydrogen) atoms. The summed E-state index contributed by atoms with van der Waals surface area (Å²) >= 11 is 0. The van der Waals surface area contributed by atoms with E-state index in [0.29, 0.717) is 13.0 Å². The quantitative estimate of drug-likeness (QED) is 0.351. The standard InChI is InChI=1S/C10H18N2O4/c1-2-3-7-16-9(15)10(8(13)14)5-4-6-11-12-10/h11-12H,2-7H2,1H3,(H,13,14). The summed E-state index contributed by atoms with van der Waals surface area (Å²) in [6, 6.07) is 0. The second kappa shape index (κ2) is 5.81. The number of rotatable bonds is 5. The Hall–Kier alpha value is -1.14. The fourth-order valence-corrected chi connectivity index (χ4v) is 1.55. The van der Waals surface area contributed by atoms with Gasteiger partial charge >= 0.3 is 11.9 Å². The summed E-state index contributed by atoms with van der Waals surface area (Å²) < 4.78 is 4.96. The Morgan fingerprint density at radius 3 is 2.75 bits per heavy atom. The van der Waals surface area contributed by atoms with Gasteiger partial charge < -0.3 is 9.84 Å². The van der Waals surface area contributed by atoms with E-state index in [9.17, 15) is 9.59 Å². The molecule has 0 aromatic carbocycles. The molecule has 1 aliphatic heterocycles. The van der Waals surface area contributed by atoms with Crippen LogP contribution in [0.2, 0.25) is 0 Å². The number of hydrogen-bond acceptors (Lipinski definition) is 5. The molecule has 6 nitrogen and oxygen atoms in total. The number of nitrogens with one attached hydrogen (secondary N) is 2. The fraction of sp³-hybridized carbons (Fsp3) is 0.800. The van der Waals surface area contributed by atoms with Gasteiger partial charge in [0, 0.05) is 6.54 Å². The first-order valence-electron chi connectivity index (χ1n) is 5.54. The van der Waals surface area contributed by atoms with Crippen molar-refractivity contribution in [3.05, 3.63) is 0 Å². The topological polar surface area (TPSA) is 87.7 Å². The van der Waals surface area contributed by atoms with E-state index >= 15 is 0 Å². The maximum atomic E-state index is 11.7. The van der Waals surface area contributed by atoms with Crippen LogP contribution in [0.3, 0.4) is 0 Å². The Balaban J connectivity index is 2.61. The Labute approximate surface area is 94.3 Å². The number of ether oxygens (including phenoxy) is 1. The van der Waals surface area contributed by atoms with Crippen LogP contribution in [0, 0.1) is 0 Å². The van der Waals surface area contributed by atoms with E-state index in [2.05, 4.69) is 10.9 Å². The van der Waals surface area contributed by atoms with Crippen molar-refractivity contribution in [1.29, 1.82) is 0 Å². The van der Waals surface area contributed by atoms with Gasteiger partial charge in [-0.15, -0.1) is 0 Å². The smallest absolute Gasteiger partial charge is 0.339 e. The summed E-state index contributed by atoms with van der Waals surface area (Å²) in [7, 11) is 0. The lowest BCUT2D eigenvalue weighted by molar-refractivity contribution is -0.165. The summed E-state index contributed by atoms with van der Waals surface area (Å²) in [5.41, 5.74) is 3.61. The molecule has 0 radical (unpaired) electrons. The summed E-state index contributed by atoms with van der Waals surface area (Å²) in [5, 5.41) is 9.11. The lowest BCUT2D eigenvalue weighted by Crippen LogP contribution is -2.66. The average Bonchev–Trinajstić information content (AvgIpc) is 2.30. The van der Waals surface area contributed by atoms with Gasteiger partial charge in [0.15, 0.2) is 0 Å². The number of aliphatic carboxylic acids is 1. The number of hydrazine groups is 1. The third-order valence-corrected chi connectivity index (χ3v) is 2.60. The van der Waals surface area contributed by atoms with Crippen molar-refractivity contribution >= 4 is 11.9 Å². The monoisotopic (exact) mass is 230 g/mol. The largest absolute Gasteiger partial charge is 0.479 e. The van der Waals surface area contributed by atoms with Crippen molar-refractivity contribution in [2.24, 2.45) is 0 Å². The van der Waals surface area contributed by atoms with Gasteiger partial charge in [-0.3, -0.25) is 5.43 Å². The van der Waals surface area contributed by atoms with Crippen molar-refractivity contribution < 1.29 is 19.4 Å². The molecule has 0 aromatic rings. The second-order valence-corrected chi connectivity index (χ2v) is 3.86. The summed E-state index contributed by atoms with van der Waals surface area (Å²) in [6.45, 7) is 2.89. The lowest BCUT2D eigenvalue weighted by atomic mass is 9.93. The molecule has 1 fully saturated rings. The van der Waals surface area contributed by atoms with E-state index in [1.165, 1.54) is 0 Å². The fourth-order valence-electron chi connectivity index (χ4n) is 1.55. The number of hydrogen-bond donors (Lipinski definition) is 3. The van der Waals surface area contributed by atoms with E-state index in [1.807, 2.05) is 6.92 Å². The minimum atomic E-state index is -1.62. The van der Waals surface area contributed by atoms with Crippen LogP contribution >= 0.6 is 0 Å². The predicted molar refractivity (Wildman–Crippen MR) is 56.6 cm³/mol. The van der Waals surface area contributed by atoms with Crippen LogP contribution in [0.25, 0.3) is 0 Å². The van der Waals surface area contributed by atoms with E-state index in [0.717, 1.165) is 12.8 Å². The third kappa shape index (κ3) is 2.70. The second-order valence-electron chi connectivity index (χ2n) is 3.86. The molecule has 1 saturated heterocycles. The molecule has 1 aliphatic rings. The zero-order valence-electron chi connectivity index (χ0n) is 9.41. The summed E-state index contributed by atoms with van der Waals surface area (Å²) in [6.07, 6.45) is 2.52. The molecular weight excluding hydrogens is 212 g/mol. The molecule has 0 aliphatic carbocycles. The lowest BCUT2D eigenvalue weighted by Gasteiger charge is -2.32. The van der Waals surface area contributed by atoms with E-state index < -0.39 is 17.5 Å². The molecule has 1 heterocycles. The molecule has 0 aromatic heterocycles. The van der Waals surface area contributed by atoms with Crippen LogP contribution in [0.15, 0.2) is 0 Å². The highest BCUT2D eigenvalue weighted by molar-refractivity contribution is 6.04. The number of carboxylic acid groups (broad SMARTS) is 1. The Morgan fingerprint density at radius 1 is 1.50 bits per heavy atom. The third-order valence-electron chi connectivity index (χ3n) is 2.60. The highest BCUT2D eigenvalue weighted by atomic mass is 16.5. The van der Waals surface area contributed by atoms with Gasteiger partial charge in [0.25, 0.3) is 0 Å². The van der Waals surface area contributed by atoms with E-state index in [-0.39, 0.29) is 13.0 Å². The Morgan fingerprint density at radius 2 is 2.25 bits per heavy atom. The van der Waals surface area contributed by atoms with Crippen molar-refractivity contribution in [1.82, 2.24) is 10.9 Å². The van der Waals surface area contributed by atoms with Crippen molar-refractivity contribution in [2.45, 2.75) is 38.1 Å². The van der Waals surface area contributed by atoms with Gasteiger partial charge in [-0.25, -0.2) is 15.0 Å². The molecule has 6 heteroatoms. The SMILES string of the molecule is CCCCOC(=O)C1(C(=O)O)CCCNN1. The average molecular weight is 230 g/mol. The first-order valence-corrected chi connectivity index (χ1v) is 5.54. The zero-order chi connectivity index (χ0) is 12.0. The first kappa shape index (κ1) is 12.9. The Kier molecular flexibility index (Phi) is 4.70. The van der Waals surface area contributed by atoms with Crippen molar-refractivity contribution in [3.8, 4) is 0 Å². The molecule has 1 unspecified atom stereocenters. The van der Waals surface area contributed by atoms with Crippen LogP contribution in [-0.4, -0.2) is 35.7 Å². The van der Waals surface area contributed by atoms with Crippen molar-refractivity contribution in [2.75, 3.05) is 13.2 Å². The molecule has 1 rings (SSSR count). The highest BCUT2D eigenvalue weighted by Gasteiger charge is 2.48.